The van der Waals surface area contributed by atoms with Crippen molar-refractivity contribution in [1.29, 1.82) is 0 Å². The molecule has 5 heteroatoms. The van der Waals surface area contributed by atoms with Gasteiger partial charge in [-0.15, -0.1) is 0 Å². The number of hydrogen-bond acceptors (Lipinski definition) is 4. The van der Waals surface area contributed by atoms with Gasteiger partial charge in [-0.2, -0.15) is 0 Å². The Kier molecular flexibility index (Phi) is 5.28. The summed E-state index contributed by atoms with van der Waals surface area (Å²) in [6, 6.07) is 0. The first-order chi connectivity index (χ1) is 6.70. The summed E-state index contributed by atoms with van der Waals surface area (Å²) in [4.78, 5) is 10.0. The molecular weight excluding hydrogens is 201 g/mol. The van der Waals surface area contributed by atoms with Gasteiger partial charge in [-0.25, -0.2) is 0 Å². The summed E-state index contributed by atoms with van der Waals surface area (Å²) in [5.41, 5.74) is 0. The SMILES string of the molecule is CCO[PH](O)(CC1CCNCC1)OC. The number of rotatable bonds is 5. The predicted octanol–water partition coefficient (Wildman–Crippen LogP) is 1.16. The van der Waals surface area contributed by atoms with E-state index in [1.54, 1.807) is 7.11 Å². The third-order valence-corrected chi connectivity index (χ3v) is 5.17. The van der Waals surface area contributed by atoms with Gasteiger partial charge in [0, 0.05) is 0 Å². The first-order valence-corrected chi connectivity index (χ1v) is 7.29. The van der Waals surface area contributed by atoms with Gasteiger partial charge in [-0.1, -0.05) is 0 Å². The van der Waals surface area contributed by atoms with Crippen LogP contribution in [0.3, 0.4) is 0 Å². The fourth-order valence-electron chi connectivity index (χ4n) is 1.88. The van der Waals surface area contributed by atoms with Crippen LogP contribution in [0.1, 0.15) is 19.8 Å². The molecule has 1 fully saturated rings. The van der Waals surface area contributed by atoms with Crippen molar-refractivity contribution < 1.29 is 13.9 Å². The van der Waals surface area contributed by atoms with Crippen LogP contribution in [0.2, 0.25) is 0 Å². The molecule has 1 aliphatic rings. The molecule has 0 atom stereocenters. The standard InChI is InChI=1S/C9H22NO3P/c1-3-13-14(11,12-2)8-9-4-6-10-7-5-9/h9-11,14H,3-8H2,1-2H3. The van der Waals surface area contributed by atoms with E-state index in [4.69, 9.17) is 9.05 Å². The topological polar surface area (TPSA) is 50.7 Å². The molecule has 1 aliphatic heterocycles. The van der Waals surface area contributed by atoms with Gasteiger partial charge in [-0.05, 0) is 0 Å². The molecule has 0 aliphatic carbocycles. The van der Waals surface area contributed by atoms with E-state index in [9.17, 15) is 4.89 Å². The molecule has 0 bridgehead atoms. The second-order valence-corrected chi connectivity index (χ2v) is 6.28. The molecule has 1 heterocycles. The van der Waals surface area contributed by atoms with E-state index >= 15 is 0 Å². The Morgan fingerprint density at radius 1 is 1.43 bits per heavy atom. The van der Waals surface area contributed by atoms with Gasteiger partial charge in [0.05, 0.1) is 0 Å². The van der Waals surface area contributed by atoms with Crippen LogP contribution >= 0.6 is 7.94 Å². The van der Waals surface area contributed by atoms with Gasteiger partial charge < -0.3 is 0 Å². The zero-order valence-electron chi connectivity index (χ0n) is 9.08. The summed E-state index contributed by atoms with van der Waals surface area (Å²) >= 11 is 0. The van der Waals surface area contributed by atoms with E-state index in [1.807, 2.05) is 6.92 Å². The maximum absolute atomic E-state index is 10.0. The summed E-state index contributed by atoms with van der Waals surface area (Å²) in [6.07, 6.45) is 2.94. The second kappa shape index (κ2) is 5.99. The molecule has 0 spiro atoms. The van der Waals surface area contributed by atoms with E-state index in [0.717, 1.165) is 25.9 Å². The molecule has 1 rings (SSSR count). The Morgan fingerprint density at radius 3 is 2.57 bits per heavy atom. The van der Waals surface area contributed by atoms with Crippen molar-refractivity contribution in [3.63, 3.8) is 0 Å². The first kappa shape index (κ1) is 12.3. The minimum absolute atomic E-state index is 0.529. The summed E-state index contributed by atoms with van der Waals surface area (Å²) in [5, 5.41) is 3.30. The maximum atomic E-state index is 10.0. The zero-order valence-corrected chi connectivity index (χ0v) is 10.1. The predicted molar refractivity (Wildman–Crippen MR) is 59.6 cm³/mol. The van der Waals surface area contributed by atoms with Crippen LogP contribution in [0.5, 0.6) is 0 Å². The number of piperidine rings is 1. The summed E-state index contributed by atoms with van der Waals surface area (Å²) in [7, 11) is -1.29. The van der Waals surface area contributed by atoms with Gasteiger partial charge in [0.2, 0.25) is 0 Å². The fraction of sp³-hybridized carbons (Fsp3) is 1.00. The number of hydrogen-bond donors (Lipinski definition) is 2. The molecule has 0 radical (unpaired) electrons. The van der Waals surface area contributed by atoms with Crippen molar-refractivity contribution in [3.05, 3.63) is 0 Å². The normalized spacial score (nSPS) is 21.1. The van der Waals surface area contributed by atoms with E-state index in [1.165, 1.54) is 0 Å². The van der Waals surface area contributed by atoms with Gasteiger partial charge in [0.1, 0.15) is 0 Å². The van der Waals surface area contributed by atoms with E-state index < -0.39 is 7.94 Å². The average molecular weight is 223 g/mol. The molecule has 1 saturated heterocycles. The van der Waals surface area contributed by atoms with E-state index in [0.29, 0.717) is 18.7 Å². The molecule has 2 N–H and O–H groups in total. The van der Waals surface area contributed by atoms with Crippen molar-refractivity contribution in [3.8, 4) is 0 Å². The Labute approximate surface area is 86.6 Å². The van der Waals surface area contributed by atoms with Crippen molar-refractivity contribution in [2.45, 2.75) is 19.8 Å². The summed E-state index contributed by atoms with van der Waals surface area (Å²) in [5.74, 6) is 0.555. The third kappa shape index (κ3) is 3.79. The zero-order chi connectivity index (χ0) is 10.4. The van der Waals surface area contributed by atoms with Crippen molar-refractivity contribution >= 4 is 7.94 Å². The molecule has 14 heavy (non-hydrogen) atoms. The van der Waals surface area contributed by atoms with Crippen LogP contribution in [0, 0.1) is 5.92 Å². The van der Waals surface area contributed by atoms with Crippen LogP contribution < -0.4 is 5.32 Å². The Morgan fingerprint density at radius 2 is 2.07 bits per heavy atom. The Hall–Kier alpha value is 0.270. The van der Waals surface area contributed by atoms with Crippen LogP contribution in [-0.2, 0) is 9.05 Å². The van der Waals surface area contributed by atoms with Crippen LogP contribution in [0.25, 0.3) is 0 Å². The molecule has 86 valence electrons. The molecule has 0 saturated carbocycles. The van der Waals surface area contributed by atoms with Crippen LogP contribution in [-0.4, -0.2) is 37.9 Å². The minimum atomic E-state index is -2.84. The molecule has 4 nitrogen and oxygen atoms in total. The monoisotopic (exact) mass is 223 g/mol. The molecule has 0 aromatic rings. The van der Waals surface area contributed by atoms with Gasteiger partial charge in [0.15, 0.2) is 0 Å². The van der Waals surface area contributed by atoms with Crippen molar-refractivity contribution in [2.75, 3.05) is 33.0 Å². The fourth-order valence-corrected chi connectivity index (χ4v) is 3.87. The summed E-state index contributed by atoms with van der Waals surface area (Å²) < 4.78 is 10.5. The van der Waals surface area contributed by atoms with E-state index in [2.05, 4.69) is 5.32 Å². The average Bonchev–Trinajstić information content (AvgIpc) is 2.20. The Balaban J connectivity index is 2.37. The molecule has 0 amide bonds. The first-order valence-electron chi connectivity index (χ1n) is 5.32. The van der Waals surface area contributed by atoms with Crippen LogP contribution in [0.4, 0.5) is 0 Å². The second-order valence-electron chi connectivity index (χ2n) is 3.75. The van der Waals surface area contributed by atoms with E-state index in [-0.39, 0.29) is 0 Å². The molecule has 0 unspecified atom stereocenters. The van der Waals surface area contributed by atoms with Crippen molar-refractivity contribution in [2.24, 2.45) is 5.92 Å². The molecule has 0 aromatic carbocycles. The third-order valence-electron chi connectivity index (χ3n) is 2.69. The van der Waals surface area contributed by atoms with Crippen LogP contribution in [0.15, 0.2) is 0 Å². The summed E-state index contributed by atoms with van der Waals surface area (Å²) in [6.45, 7) is 4.51. The van der Waals surface area contributed by atoms with Gasteiger partial charge in [0.25, 0.3) is 0 Å². The van der Waals surface area contributed by atoms with Gasteiger partial charge >= 0.3 is 85.9 Å². The quantitative estimate of drug-likeness (QED) is 0.687. The number of nitrogens with one attached hydrogen (secondary N) is 1. The van der Waals surface area contributed by atoms with Gasteiger partial charge in [-0.3, -0.25) is 0 Å². The Bertz CT molecular complexity index is 164. The van der Waals surface area contributed by atoms with Crippen molar-refractivity contribution in [1.82, 2.24) is 5.32 Å². The molecular formula is C9H22NO3P. The molecule has 0 aromatic heterocycles.